The highest BCUT2D eigenvalue weighted by atomic mass is 16.5. The highest BCUT2D eigenvalue weighted by molar-refractivity contribution is 5.76. The molecule has 1 unspecified atom stereocenters. The third kappa shape index (κ3) is 4.77. The Bertz CT molecular complexity index is 1310. The van der Waals surface area contributed by atoms with Crippen molar-refractivity contribution in [2.45, 2.75) is 57.8 Å². The molecule has 186 valence electrons. The van der Waals surface area contributed by atoms with Crippen molar-refractivity contribution in [3.63, 3.8) is 0 Å². The summed E-state index contributed by atoms with van der Waals surface area (Å²) in [5.41, 5.74) is 4.05. The molecule has 2 amide bonds. The van der Waals surface area contributed by atoms with Crippen molar-refractivity contribution in [2.75, 3.05) is 13.1 Å². The van der Waals surface area contributed by atoms with Crippen LogP contribution in [0.25, 0.3) is 22.8 Å². The van der Waals surface area contributed by atoms with Gasteiger partial charge in [-0.05, 0) is 68.9 Å². The van der Waals surface area contributed by atoms with Crippen LogP contribution in [0.4, 0.5) is 4.79 Å². The normalized spacial score (nSPS) is 19.1. The van der Waals surface area contributed by atoms with Crippen molar-refractivity contribution in [3.05, 3.63) is 53.1 Å². The van der Waals surface area contributed by atoms with Crippen LogP contribution >= 0.6 is 0 Å². The van der Waals surface area contributed by atoms with Gasteiger partial charge in [-0.15, -0.1) is 0 Å². The molecule has 2 atom stereocenters. The Morgan fingerprint density at radius 2 is 2.17 bits per heavy atom. The number of nitrogens with one attached hydrogen (secondary N) is 1. The van der Waals surface area contributed by atoms with Gasteiger partial charge in [-0.2, -0.15) is 10.2 Å². The minimum atomic E-state index is -0.456. The largest absolute Gasteiger partial charge is 0.490 e. The number of nitriles is 1. The van der Waals surface area contributed by atoms with E-state index >= 15 is 0 Å². The highest BCUT2D eigenvalue weighted by Crippen LogP contribution is 2.38. The first kappa shape index (κ1) is 23.8. The van der Waals surface area contributed by atoms with E-state index in [-0.39, 0.29) is 18.2 Å². The quantitative estimate of drug-likeness (QED) is 0.552. The molecule has 36 heavy (non-hydrogen) atoms. The third-order valence-corrected chi connectivity index (χ3v) is 6.63. The Balaban J connectivity index is 1.36. The van der Waals surface area contributed by atoms with E-state index in [2.05, 4.69) is 21.5 Å². The standard InChI is InChI=1S/C27H29N5O4/c1-16(2)35-24-11-8-17(13-18(24)14-28)26-30-25(31-36-26)22-7-3-6-21-20(22)9-10-23(21)29-27(34)32-12-4-5-19(33)15-32/h3,6-8,11,13,16,19,23,33H,4-5,9-10,12,15H2,1-2H3,(H,29,34)/t19-,23?/m0/s1. The molecule has 1 saturated heterocycles. The summed E-state index contributed by atoms with van der Waals surface area (Å²) in [6.45, 7) is 4.85. The molecular formula is C27H29N5O4. The molecular weight excluding hydrogens is 458 g/mol. The Kier molecular flexibility index (Phi) is 6.61. The van der Waals surface area contributed by atoms with Gasteiger partial charge in [-0.25, -0.2) is 4.79 Å². The number of aliphatic hydroxyl groups excluding tert-OH is 1. The van der Waals surface area contributed by atoms with Crippen LogP contribution in [-0.2, 0) is 6.42 Å². The zero-order valence-electron chi connectivity index (χ0n) is 20.4. The second kappa shape index (κ2) is 9.99. The van der Waals surface area contributed by atoms with Gasteiger partial charge in [0.25, 0.3) is 5.89 Å². The van der Waals surface area contributed by atoms with Crippen molar-refractivity contribution < 1.29 is 19.2 Å². The van der Waals surface area contributed by atoms with E-state index in [1.54, 1.807) is 23.1 Å². The Hall–Kier alpha value is -3.90. The number of carbonyl (C=O) groups is 1. The summed E-state index contributed by atoms with van der Waals surface area (Å²) < 4.78 is 11.3. The van der Waals surface area contributed by atoms with Crippen molar-refractivity contribution in [1.82, 2.24) is 20.4 Å². The second-order valence-corrected chi connectivity index (χ2v) is 9.57. The van der Waals surface area contributed by atoms with Crippen molar-refractivity contribution >= 4 is 6.03 Å². The number of hydrogen-bond donors (Lipinski definition) is 2. The molecule has 1 fully saturated rings. The molecule has 2 aliphatic rings. The average molecular weight is 488 g/mol. The molecule has 5 rings (SSSR count). The maximum Gasteiger partial charge on any atom is 0.317 e. The molecule has 1 aliphatic heterocycles. The summed E-state index contributed by atoms with van der Waals surface area (Å²) in [6.07, 6.45) is 2.61. The smallest absolute Gasteiger partial charge is 0.317 e. The Morgan fingerprint density at radius 1 is 1.31 bits per heavy atom. The summed E-state index contributed by atoms with van der Waals surface area (Å²) >= 11 is 0. The number of fused-ring (bicyclic) bond motifs is 1. The molecule has 2 heterocycles. The van der Waals surface area contributed by atoms with Gasteiger partial charge in [-0.1, -0.05) is 23.4 Å². The molecule has 9 heteroatoms. The first-order valence-corrected chi connectivity index (χ1v) is 12.3. The van der Waals surface area contributed by atoms with E-state index in [0.29, 0.717) is 41.7 Å². The number of hydrogen-bond acceptors (Lipinski definition) is 7. The third-order valence-electron chi connectivity index (χ3n) is 6.63. The predicted molar refractivity (Wildman–Crippen MR) is 132 cm³/mol. The minimum Gasteiger partial charge on any atom is -0.490 e. The molecule has 0 saturated carbocycles. The van der Waals surface area contributed by atoms with Gasteiger partial charge in [-0.3, -0.25) is 0 Å². The summed E-state index contributed by atoms with van der Waals surface area (Å²) in [5, 5.41) is 26.8. The molecule has 9 nitrogen and oxygen atoms in total. The maximum atomic E-state index is 12.8. The van der Waals surface area contributed by atoms with E-state index in [1.807, 2.05) is 32.0 Å². The average Bonchev–Trinajstić information content (AvgIpc) is 3.52. The number of nitrogens with zero attached hydrogens (tertiary/aromatic N) is 4. The van der Waals surface area contributed by atoms with E-state index in [4.69, 9.17) is 9.26 Å². The van der Waals surface area contributed by atoms with Crippen LogP contribution in [0.2, 0.25) is 0 Å². The zero-order chi connectivity index (χ0) is 25.2. The number of rotatable bonds is 5. The van der Waals surface area contributed by atoms with E-state index in [1.165, 1.54) is 0 Å². The van der Waals surface area contributed by atoms with Crippen LogP contribution in [0.3, 0.4) is 0 Å². The fourth-order valence-electron chi connectivity index (χ4n) is 4.95. The summed E-state index contributed by atoms with van der Waals surface area (Å²) in [7, 11) is 0. The van der Waals surface area contributed by atoms with Gasteiger partial charge in [0, 0.05) is 24.2 Å². The lowest BCUT2D eigenvalue weighted by molar-refractivity contribution is 0.0833. The predicted octanol–water partition coefficient (Wildman–Crippen LogP) is 4.22. The molecule has 0 radical (unpaired) electrons. The SMILES string of the molecule is CC(C)Oc1ccc(-c2nc(-c3cccc4c3CCC4NC(=O)N3CCC[C@H](O)C3)no2)cc1C#N. The first-order chi connectivity index (χ1) is 17.4. The topological polar surface area (TPSA) is 125 Å². The first-order valence-electron chi connectivity index (χ1n) is 12.3. The Morgan fingerprint density at radius 3 is 2.94 bits per heavy atom. The van der Waals surface area contributed by atoms with Crippen LogP contribution in [-0.4, -0.2) is 51.5 Å². The van der Waals surface area contributed by atoms with Crippen LogP contribution in [0.15, 0.2) is 40.9 Å². The van der Waals surface area contributed by atoms with Crippen LogP contribution in [0.5, 0.6) is 5.75 Å². The molecule has 1 aliphatic carbocycles. The number of carbonyl (C=O) groups excluding carboxylic acids is 1. The summed E-state index contributed by atoms with van der Waals surface area (Å²) in [4.78, 5) is 19.1. The number of aliphatic hydroxyl groups is 1. The molecule has 2 aromatic carbocycles. The fourth-order valence-corrected chi connectivity index (χ4v) is 4.95. The van der Waals surface area contributed by atoms with Gasteiger partial charge in [0.05, 0.1) is 23.8 Å². The van der Waals surface area contributed by atoms with Gasteiger partial charge < -0.3 is 24.6 Å². The number of urea groups is 1. The molecule has 3 aromatic rings. The van der Waals surface area contributed by atoms with Crippen molar-refractivity contribution in [3.8, 4) is 34.7 Å². The Labute approximate surface area is 209 Å². The number of ether oxygens (including phenoxy) is 1. The van der Waals surface area contributed by atoms with Crippen LogP contribution in [0, 0.1) is 11.3 Å². The maximum absolute atomic E-state index is 12.8. The van der Waals surface area contributed by atoms with Gasteiger partial charge in [0.2, 0.25) is 5.82 Å². The van der Waals surface area contributed by atoms with Gasteiger partial charge >= 0.3 is 6.03 Å². The number of aromatic nitrogens is 2. The lowest BCUT2D eigenvalue weighted by Gasteiger charge is -2.31. The van der Waals surface area contributed by atoms with E-state index in [9.17, 15) is 15.2 Å². The van der Waals surface area contributed by atoms with Crippen LogP contribution < -0.4 is 10.1 Å². The number of β-amino-alcohol motifs (C(OH)–C–C–N with tert-alkyl or cyclic N) is 1. The number of benzene rings is 2. The fraction of sp³-hybridized carbons (Fsp3) is 0.407. The lowest BCUT2D eigenvalue weighted by atomic mass is 10.0. The highest BCUT2D eigenvalue weighted by Gasteiger charge is 2.30. The van der Waals surface area contributed by atoms with Gasteiger partial charge in [0.1, 0.15) is 11.8 Å². The summed E-state index contributed by atoms with van der Waals surface area (Å²) in [6, 6.07) is 13.1. The minimum absolute atomic E-state index is 0.0433. The number of amides is 2. The van der Waals surface area contributed by atoms with Crippen molar-refractivity contribution in [1.29, 1.82) is 5.26 Å². The van der Waals surface area contributed by atoms with Gasteiger partial charge in [0.15, 0.2) is 0 Å². The molecule has 0 bridgehead atoms. The zero-order valence-corrected chi connectivity index (χ0v) is 20.4. The van der Waals surface area contributed by atoms with E-state index < -0.39 is 6.10 Å². The van der Waals surface area contributed by atoms with E-state index in [0.717, 1.165) is 42.4 Å². The summed E-state index contributed by atoms with van der Waals surface area (Å²) in [5.74, 6) is 1.31. The molecule has 0 spiro atoms. The second-order valence-electron chi connectivity index (χ2n) is 9.57. The van der Waals surface area contributed by atoms with Crippen LogP contribution in [0.1, 0.15) is 55.8 Å². The monoisotopic (exact) mass is 487 g/mol. The molecule has 2 N–H and O–H groups in total. The molecule has 1 aromatic heterocycles. The number of piperidine rings is 1. The number of likely N-dealkylation sites (tertiary alicyclic amines) is 1. The lowest BCUT2D eigenvalue weighted by Crippen LogP contribution is -2.47. The van der Waals surface area contributed by atoms with Crippen molar-refractivity contribution in [2.24, 2.45) is 0 Å².